The maximum atomic E-state index is 11.7. The van der Waals surface area contributed by atoms with E-state index in [1.165, 1.54) is 6.20 Å². The highest BCUT2D eigenvalue weighted by molar-refractivity contribution is 9.10. The largest absolute Gasteiger partial charge is 0.368 e. The minimum atomic E-state index is -1.08. The quantitative estimate of drug-likeness (QED) is 0.807. The van der Waals surface area contributed by atoms with Crippen LogP contribution < -0.4 is 11.1 Å². The van der Waals surface area contributed by atoms with Crippen molar-refractivity contribution < 1.29 is 9.59 Å². The van der Waals surface area contributed by atoms with E-state index in [-0.39, 0.29) is 5.91 Å². The van der Waals surface area contributed by atoms with Crippen molar-refractivity contribution >= 4 is 27.7 Å². The molecule has 0 aliphatic rings. The molecule has 0 fully saturated rings. The number of hydrogen-bond acceptors (Lipinski definition) is 3. The number of nitrogens with one attached hydrogen (secondary N) is 1. The lowest BCUT2D eigenvalue weighted by molar-refractivity contribution is -0.122. The van der Waals surface area contributed by atoms with Gasteiger partial charge < -0.3 is 11.1 Å². The van der Waals surface area contributed by atoms with E-state index in [4.69, 9.17) is 5.73 Å². The Morgan fingerprint density at radius 3 is 2.50 bits per heavy atom. The van der Waals surface area contributed by atoms with Gasteiger partial charge in [-0.25, -0.2) is 4.98 Å². The van der Waals surface area contributed by atoms with Crippen LogP contribution in [0.2, 0.25) is 0 Å². The molecule has 0 saturated carbocycles. The standard InChI is InChI=1S/C10H12BrN3O2/c1-10(2,9(12)16)14-8(15)6-3-4-7(11)13-5-6/h3-5H,1-2H3,(H2,12,16)(H,14,15). The summed E-state index contributed by atoms with van der Waals surface area (Å²) in [4.78, 5) is 26.6. The number of nitrogens with two attached hydrogens (primary N) is 1. The first-order valence-corrected chi connectivity index (χ1v) is 5.36. The Morgan fingerprint density at radius 1 is 1.44 bits per heavy atom. The summed E-state index contributed by atoms with van der Waals surface area (Å²) < 4.78 is 0.637. The number of nitrogens with zero attached hydrogens (tertiary/aromatic N) is 1. The van der Waals surface area contributed by atoms with Crippen molar-refractivity contribution in [3.05, 3.63) is 28.5 Å². The molecule has 6 heteroatoms. The summed E-state index contributed by atoms with van der Waals surface area (Å²) in [5, 5.41) is 2.52. The molecule has 0 aromatic carbocycles. The predicted octanol–water partition coefficient (Wildman–Crippen LogP) is 0.838. The molecule has 0 unspecified atom stereocenters. The topological polar surface area (TPSA) is 85.1 Å². The zero-order chi connectivity index (χ0) is 12.3. The Morgan fingerprint density at radius 2 is 2.06 bits per heavy atom. The SMILES string of the molecule is CC(C)(NC(=O)c1ccc(Br)nc1)C(N)=O. The van der Waals surface area contributed by atoms with E-state index in [1.54, 1.807) is 26.0 Å². The molecule has 86 valence electrons. The first-order chi connectivity index (χ1) is 7.33. The number of pyridine rings is 1. The van der Waals surface area contributed by atoms with Gasteiger partial charge in [-0.1, -0.05) is 0 Å². The van der Waals surface area contributed by atoms with Crippen LogP contribution in [0.4, 0.5) is 0 Å². The second-order valence-corrected chi connectivity index (χ2v) is 4.63. The third-order valence-corrected chi connectivity index (χ3v) is 2.50. The maximum absolute atomic E-state index is 11.7. The number of primary amides is 1. The second kappa shape index (κ2) is 4.61. The van der Waals surface area contributed by atoms with Gasteiger partial charge in [0.05, 0.1) is 5.56 Å². The van der Waals surface area contributed by atoms with E-state index < -0.39 is 11.4 Å². The van der Waals surface area contributed by atoms with Crippen molar-refractivity contribution in [1.82, 2.24) is 10.3 Å². The summed E-state index contributed by atoms with van der Waals surface area (Å²) in [5.74, 6) is -0.977. The van der Waals surface area contributed by atoms with Gasteiger partial charge in [0.1, 0.15) is 10.1 Å². The molecule has 16 heavy (non-hydrogen) atoms. The Hall–Kier alpha value is -1.43. The summed E-state index contributed by atoms with van der Waals surface area (Å²) in [5.41, 5.74) is 4.44. The molecule has 0 saturated heterocycles. The van der Waals surface area contributed by atoms with Crippen molar-refractivity contribution in [1.29, 1.82) is 0 Å². The van der Waals surface area contributed by atoms with E-state index in [1.807, 2.05) is 0 Å². The molecule has 5 nitrogen and oxygen atoms in total. The van der Waals surface area contributed by atoms with Gasteiger partial charge in [-0.3, -0.25) is 9.59 Å². The number of carbonyl (C=O) groups is 2. The van der Waals surface area contributed by atoms with E-state index in [0.717, 1.165) is 0 Å². The second-order valence-electron chi connectivity index (χ2n) is 3.81. The average Bonchev–Trinajstić information content (AvgIpc) is 2.17. The molecule has 2 amide bonds. The van der Waals surface area contributed by atoms with Gasteiger partial charge in [0, 0.05) is 6.20 Å². The number of rotatable bonds is 3. The van der Waals surface area contributed by atoms with Crippen molar-refractivity contribution in [3.63, 3.8) is 0 Å². The van der Waals surface area contributed by atoms with Crippen LogP contribution in [0.25, 0.3) is 0 Å². The molecule has 0 aliphatic carbocycles. The minimum Gasteiger partial charge on any atom is -0.368 e. The lowest BCUT2D eigenvalue weighted by Crippen LogP contribution is -2.53. The van der Waals surface area contributed by atoms with E-state index >= 15 is 0 Å². The number of aromatic nitrogens is 1. The molecule has 0 aliphatic heterocycles. The van der Waals surface area contributed by atoms with E-state index in [2.05, 4.69) is 26.2 Å². The monoisotopic (exact) mass is 285 g/mol. The lowest BCUT2D eigenvalue weighted by Gasteiger charge is -2.22. The Labute approximate surface area is 102 Å². The van der Waals surface area contributed by atoms with Crippen LogP contribution in [0.15, 0.2) is 22.9 Å². The van der Waals surface area contributed by atoms with E-state index in [0.29, 0.717) is 10.2 Å². The third kappa shape index (κ3) is 3.03. The van der Waals surface area contributed by atoms with Crippen LogP contribution in [-0.4, -0.2) is 22.3 Å². The Bertz CT molecular complexity index is 415. The van der Waals surface area contributed by atoms with Crippen LogP contribution >= 0.6 is 15.9 Å². The minimum absolute atomic E-state index is 0.373. The van der Waals surface area contributed by atoms with Gasteiger partial charge >= 0.3 is 0 Å². The molecule has 0 bridgehead atoms. The smallest absolute Gasteiger partial charge is 0.253 e. The average molecular weight is 286 g/mol. The van der Waals surface area contributed by atoms with E-state index in [9.17, 15) is 9.59 Å². The number of halogens is 1. The fourth-order valence-corrected chi connectivity index (χ4v) is 1.16. The molecule has 1 aromatic rings. The molecule has 0 radical (unpaired) electrons. The molecule has 3 N–H and O–H groups in total. The first kappa shape index (κ1) is 12.6. The Kier molecular flexibility index (Phi) is 3.64. The van der Waals surface area contributed by atoms with Crippen molar-refractivity contribution in [2.24, 2.45) is 5.73 Å². The molecule has 0 atom stereocenters. The summed E-state index contributed by atoms with van der Waals surface area (Å²) in [7, 11) is 0. The highest BCUT2D eigenvalue weighted by atomic mass is 79.9. The fourth-order valence-electron chi connectivity index (χ4n) is 0.928. The van der Waals surface area contributed by atoms with Crippen molar-refractivity contribution in [2.75, 3.05) is 0 Å². The van der Waals surface area contributed by atoms with Gasteiger partial charge in [0.2, 0.25) is 5.91 Å². The van der Waals surface area contributed by atoms with Crippen molar-refractivity contribution in [3.8, 4) is 0 Å². The van der Waals surface area contributed by atoms with Gasteiger partial charge in [0.15, 0.2) is 0 Å². The summed E-state index contributed by atoms with van der Waals surface area (Å²) in [6.45, 7) is 3.08. The van der Waals surface area contributed by atoms with Gasteiger partial charge in [0.25, 0.3) is 5.91 Å². The molecule has 1 aromatic heterocycles. The zero-order valence-electron chi connectivity index (χ0n) is 8.95. The van der Waals surface area contributed by atoms with Crippen LogP contribution in [0.3, 0.4) is 0 Å². The highest BCUT2D eigenvalue weighted by Crippen LogP contribution is 2.08. The molecule has 1 heterocycles. The van der Waals surface area contributed by atoms with Crippen LogP contribution in [0.5, 0.6) is 0 Å². The summed E-state index contributed by atoms with van der Waals surface area (Å²) in [6.07, 6.45) is 1.41. The fraction of sp³-hybridized carbons (Fsp3) is 0.300. The normalized spacial score (nSPS) is 10.9. The highest BCUT2D eigenvalue weighted by Gasteiger charge is 2.27. The van der Waals surface area contributed by atoms with Gasteiger partial charge in [-0.05, 0) is 41.9 Å². The van der Waals surface area contributed by atoms with Gasteiger partial charge in [-0.15, -0.1) is 0 Å². The lowest BCUT2D eigenvalue weighted by atomic mass is 10.0. The predicted molar refractivity (Wildman–Crippen MR) is 62.7 cm³/mol. The maximum Gasteiger partial charge on any atom is 0.253 e. The summed E-state index contributed by atoms with van der Waals surface area (Å²) >= 11 is 3.16. The molecular formula is C10H12BrN3O2. The number of amides is 2. The third-order valence-electron chi connectivity index (χ3n) is 2.03. The molecule has 1 rings (SSSR count). The molecular weight excluding hydrogens is 274 g/mol. The van der Waals surface area contributed by atoms with Crippen LogP contribution in [0, 0.1) is 0 Å². The molecule has 0 spiro atoms. The first-order valence-electron chi connectivity index (χ1n) is 4.57. The number of carbonyl (C=O) groups excluding carboxylic acids is 2. The van der Waals surface area contributed by atoms with Crippen molar-refractivity contribution in [2.45, 2.75) is 19.4 Å². The van der Waals surface area contributed by atoms with Gasteiger partial charge in [-0.2, -0.15) is 0 Å². The van der Waals surface area contributed by atoms with Crippen LogP contribution in [0.1, 0.15) is 24.2 Å². The van der Waals surface area contributed by atoms with Crippen LogP contribution in [-0.2, 0) is 4.79 Å². The Balaban J connectivity index is 2.81. The number of hydrogen-bond donors (Lipinski definition) is 2. The summed E-state index contributed by atoms with van der Waals surface area (Å²) in [6, 6.07) is 3.25. The zero-order valence-corrected chi connectivity index (χ0v) is 10.5.